The highest BCUT2D eigenvalue weighted by molar-refractivity contribution is 5.83. The monoisotopic (exact) mass is 1940 g/mol. The molecular weight excluding hydrogens is 1820 g/mol. The number of hydrogen-bond donors (Lipinski definition) is 0. The SMILES string of the molecule is CCCOc1cc2c#cc3cc(OC4CCCCO4)cc(c#cc#cc4cc(OC5CCCCO5)cc(c#cc5cc(OCCC)c(c#cc6cc(C)cc(c#cc7cc(OCCC)c(c#cc8cc(OC9CCCCO9)cc(c#cc#cc9cc(OC%10CCCCO%10)cc(c#cc%10cc(OCCC)c(c#cc%11cc(C)cc(c#cc1cc2OCCC)c%11)cc%10OCCC)c9)c8)cc7OCCC)c6)cc5OCCC)c4)c3. The van der Waals surface area contributed by atoms with Crippen LogP contribution in [0.25, 0.3) is 108 Å². The number of rotatable bonds is 32. The standard InChI is InChI=1S/C130H124O16/c1-11-55-131-119-89-111-51-43-103-71-95(77-115(81-103)143-127-35-23-27-63-139-127)31-19-20-32-96-72-104(82-116(78-96)144-128-36-24-28-64-140-128)45-53-113-91-121(133-57-13-3)109(87-125(113)137-61-17-7)49-41-101-69-94(10)70-102(76-101)42-50-110-88-126(138-62-18-8)114(92-122(110)134-58-14-4)54-46-106-74-98(80-118(84-106)146-130-38-26-30-66-142-130)34-22-21-33-97-73-105(83-117(79-97)145-129-37-25-29-65-141-129)44-52-112-90-120(132-56-12-2)108(86-124(112)136-60-16-6)48-40-100-68-93(9)67-99(75-100)39-47-107(119)85-123(111)135-59-15-5/h67-92,127-130H,11-18,23-30,35-38,55-66H2,1-10H3. The second-order valence-corrected chi connectivity index (χ2v) is 36.0. The molecule has 4 aliphatic rings. The second kappa shape index (κ2) is 55.3. The van der Waals surface area contributed by atoms with E-state index in [-0.39, 0.29) is 0 Å². The third-order valence-corrected chi connectivity index (χ3v) is 23.1. The van der Waals surface area contributed by atoms with Gasteiger partial charge in [0.15, 0.2) is 25.2 Å². The first-order valence-electron chi connectivity index (χ1n) is 51.6. The van der Waals surface area contributed by atoms with Crippen molar-refractivity contribution in [1.29, 1.82) is 0 Å². The average Bonchev–Trinajstić information content (AvgIpc) is 0.818. The zero-order valence-electron chi connectivity index (χ0n) is 85.5. The lowest BCUT2D eigenvalue weighted by molar-refractivity contribution is -0.106. The molecule has 20 aromatic rings. The van der Waals surface area contributed by atoms with Crippen molar-refractivity contribution in [3.05, 3.63) is 314 Å². The molecule has 0 aliphatic carbocycles. The third kappa shape index (κ3) is 32.2. The fourth-order valence-electron chi connectivity index (χ4n) is 16.1. The van der Waals surface area contributed by atoms with Crippen LogP contribution in [-0.2, 0) is 18.9 Å². The van der Waals surface area contributed by atoms with Gasteiger partial charge in [0.25, 0.3) is 0 Å². The molecule has 16 nitrogen and oxygen atoms in total. The predicted molar refractivity (Wildman–Crippen MR) is 574 cm³/mol. The minimum atomic E-state index is -0.435. The lowest BCUT2D eigenvalue weighted by Gasteiger charge is -2.23. The molecule has 0 aromatic heterocycles. The van der Waals surface area contributed by atoms with Crippen LogP contribution in [0.4, 0.5) is 0 Å². The quantitative estimate of drug-likeness (QED) is 0.0393. The Morgan fingerprint density at radius 1 is 0.192 bits per heavy atom. The molecule has 4 saturated heterocycles. The molecule has 20 bridgehead atoms. The number of ether oxygens (including phenoxy) is 16. The van der Waals surface area contributed by atoms with Gasteiger partial charge < -0.3 is 75.8 Å². The van der Waals surface area contributed by atoms with Gasteiger partial charge >= 0.3 is 0 Å². The van der Waals surface area contributed by atoms with Crippen LogP contribution in [0.2, 0.25) is 0 Å². The van der Waals surface area contributed by atoms with Gasteiger partial charge in [-0.1, -0.05) is 177 Å². The van der Waals surface area contributed by atoms with E-state index in [0.717, 1.165) is 161 Å². The van der Waals surface area contributed by atoms with Gasteiger partial charge in [-0.3, -0.25) is 0 Å². The maximum atomic E-state index is 6.56. The summed E-state index contributed by atoms with van der Waals surface area (Å²) >= 11 is 0. The van der Waals surface area contributed by atoms with Crippen LogP contribution in [-0.4, -0.2) is 104 Å². The maximum Gasteiger partial charge on any atom is 0.199 e. The summed E-state index contributed by atoms with van der Waals surface area (Å²) < 4.78 is 103. The molecule has 0 amide bonds. The summed E-state index contributed by atoms with van der Waals surface area (Å²) in [5, 5.41) is 13.2. The van der Waals surface area contributed by atoms with Gasteiger partial charge in [0, 0.05) is 139 Å². The molecule has 20 aromatic carbocycles. The van der Waals surface area contributed by atoms with E-state index < -0.39 is 25.2 Å². The molecule has 16 heteroatoms. The van der Waals surface area contributed by atoms with Crippen molar-refractivity contribution in [2.75, 3.05) is 79.3 Å². The summed E-state index contributed by atoms with van der Waals surface area (Å²) in [5.74, 6) is 6.75. The van der Waals surface area contributed by atoms with Crippen LogP contribution in [0.1, 0.15) is 195 Å². The van der Waals surface area contributed by atoms with Crippen molar-refractivity contribution < 1.29 is 75.8 Å². The minimum Gasteiger partial charge on any atom is -0.492 e. The Morgan fingerprint density at radius 3 is 0.500 bits per heavy atom. The molecular formula is C130H124O16. The summed E-state index contributed by atoms with van der Waals surface area (Å²) in [4.78, 5) is 0. The molecule has 740 valence electrons. The van der Waals surface area contributed by atoms with Crippen molar-refractivity contribution >= 4 is 108 Å². The van der Waals surface area contributed by atoms with Crippen LogP contribution in [0.15, 0.2) is 158 Å². The molecule has 4 aliphatic heterocycles. The minimum absolute atomic E-state index is 0.435. The van der Waals surface area contributed by atoms with Crippen LogP contribution < -0.4 is 56.8 Å². The zero-order chi connectivity index (χ0) is 101. The maximum absolute atomic E-state index is 6.56. The first-order chi connectivity index (χ1) is 71.7. The fourth-order valence-corrected chi connectivity index (χ4v) is 16.1. The molecule has 4 fully saturated rings. The lowest BCUT2D eigenvalue weighted by atomic mass is 10.1. The lowest BCUT2D eigenvalue weighted by Crippen LogP contribution is -2.24. The summed E-state index contributed by atoms with van der Waals surface area (Å²) in [6.07, 6.45) is 15.0. The highest BCUT2D eigenvalue weighted by Crippen LogP contribution is 2.37. The molecule has 4 atom stereocenters. The Balaban J connectivity index is 0.912. The summed E-state index contributed by atoms with van der Waals surface area (Å²) in [5.41, 5.74) is 1.95. The molecule has 146 heavy (non-hydrogen) atoms. The Bertz CT molecular complexity index is 6170. The van der Waals surface area contributed by atoms with Gasteiger partial charge in [0.05, 0.1) is 122 Å². The van der Waals surface area contributed by atoms with Crippen molar-refractivity contribution in [3.8, 4) is 69.0 Å². The first kappa shape index (κ1) is 105. The van der Waals surface area contributed by atoms with Crippen molar-refractivity contribution in [3.63, 3.8) is 0 Å². The second-order valence-electron chi connectivity index (χ2n) is 36.0. The molecule has 4 heterocycles. The summed E-state index contributed by atoms with van der Waals surface area (Å²) in [6, 6.07) is 132. The van der Waals surface area contributed by atoms with E-state index >= 15 is 0 Å². The van der Waals surface area contributed by atoms with Crippen molar-refractivity contribution in [1.82, 2.24) is 0 Å². The molecule has 0 saturated carbocycles. The van der Waals surface area contributed by atoms with Gasteiger partial charge in [0.2, 0.25) is 0 Å². The van der Waals surface area contributed by atoms with Gasteiger partial charge in [-0.2, -0.15) is 0 Å². The fraction of sp³-hybridized carbons (Fsp3) is 0.354. The van der Waals surface area contributed by atoms with Crippen LogP contribution in [0.5, 0.6) is 69.0 Å². The molecule has 4 unspecified atom stereocenters. The van der Waals surface area contributed by atoms with Crippen molar-refractivity contribution in [2.24, 2.45) is 0 Å². The van der Waals surface area contributed by atoms with E-state index in [1.54, 1.807) is 0 Å². The Hall–Kier alpha value is -15.6. The smallest absolute Gasteiger partial charge is 0.199 e. The van der Waals surface area contributed by atoms with Crippen molar-refractivity contribution in [2.45, 2.75) is 223 Å². The van der Waals surface area contributed by atoms with Gasteiger partial charge in [-0.25, -0.2) is 0 Å². The molecule has 0 spiro atoms. The van der Waals surface area contributed by atoms with Crippen LogP contribution >= 0.6 is 0 Å². The molecule has 24 rings (SSSR count). The highest BCUT2D eigenvalue weighted by atomic mass is 16.7. The predicted octanol–water partition coefficient (Wildman–Crippen LogP) is 29.7. The average molecular weight is 1940 g/mol. The topological polar surface area (TPSA) is 148 Å². The Morgan fingerprint density at radius 2 is 0.349 bits per heavy atom. The van der Waals surface area contributed by atoms with E-state index in [4.69, 9.17) is 75.8 Å². The summed E-state index contributed by atoms with van der Waals surface area (Å²) in [7, 11) is 0. The third-order valence-electron chi connectivity index (χ3n) is 23.1. The first-order valence-corrected chi connectivity index (χ1v) is 51.6. The largest absolute Gasteiger partial charge is 0.492 e. The van der Waals surface area contributed by atoms with E-state index in [9.17, 15) is 0 Å². The number of benzene rings is 10. The highest BCUT2D eigenvalue weighted by Gasteiger charge is 2.21. The number of aryl methyl sites for hydroxylation is 2. The molecule has 0 N–H and O–H groups in total. The van der Waals surface area contributed by atoms with Gasteiger partial charge in [0.1, 0.15) is 69.0 Å². The number of hydrogen-bond acceptors (Lipinski definition) is 16. The van der Waals surface area contributed by atoms with Crippen LogP contribution in [0, 0.1) is 159 Å². The van der Waals surface area contributed by atoms with Gasteiger partial charge in [-0.05, 0) is 261 Å². The Kier molecular flexibility index (Phi) is 39.6. The van der Waals surface area contributed by atoms with E-state index in [1.807, 2.05) is 172 Å². The Labute approximate surface area is 863 Å². The summed E-state index contributed by atoms with van der Waals surface area (Å²) in [6.45, 7) is 26.6. The van der Waals surface area contributed by atoms with E-state index in [1.165, 1.54) is 0 Å². The normalized spacial score (nSPS) is 14.7. The van der Waals surface area contributed by atoms with Crippen LogP contribution in [0.3, 0.4) is 0 Å². The van der Waals surface area contributed by atoms with E-state index in [2.05, 4.69) is 201 Å². The van der Waals surface area contributed by atoms with E-state index in [0.29, 0.717) is 234 Å². The zero-order valence-corrected chi connectivity index (χ0v) is 85.5. The van der Waals surface area contributed by atoms with Gasteiger partial charge in [-0.15, -0.1) is 0 Å². The molecule has 0 radical (unpaired) electrons.